The second kappa shape index (κ2) is 3.53. The molecule has 0 fully saturated rings. The van der Waals surface area contributed by atoms with Crippen LogP contribution in [-0.2, 0) is 13.5 Å². The molecule has 0 unspecified atom stereocenters. The Labute approximate surface area is 66.7 Å². The summed E-state index contributed by atoms with van der Waals surface area (Å²) >= 11 is 0. The van der Waals surface area contributed by atoms with Gasteiger partial charge in [-0.3, -0.25) is 4.68 Å². The fraction of sp³-hybridized carbons (Fsp3) is 0.625. The molecular weight excluding hydrogens is 140 g/mol. The SMILES string of the molecule is Cc1cnn(C)c1CCCO. The van der Waals surface area contributed by atoms with Gasteiger partial charge in [0, 0.05) is 19.3 Å². The average Bonchev–Trinajstić information content (AvgIpc) is 2.29. The lowest BCUT2D eigenvalue weighted by molar-refractivity contribution is 0.287. The van der Waals surface area contributed by atoms with E-state index in [2.05, 4.69) is 5.10 Å². The normalized spacial score (nSPS) is 10.5. The van der Waals surface area contributed by atoms with Crippen LogP contribution >= 0.6 is 0 Å². The highest BCUT2D eigenvalue weighted by Crippen LogP contribution is 2.07. The first-order valence-electron chi connectivity index (χ1n) is 3.84. The molecule has 3 heteroatoms. The van der Waals surface area contributed by atoms with E-state index in [1.54, 1.807) is 0 Å². The summed E-state index contributed by atoms with van der Waals surface area (Å²) in [6.07, 6.45) is 3.59. The molecule has 1 heterocycles. The molecule has 1 rings (SSSR count). The van der Waals surface area contributed by atoms with Crippen LogP contribution in [0.25, 0.3) is 0 Å². The molecule has 0 aliphatic heterocycles. The Bertz CT molecular complexity index is 210. The van der Waals surface area contributed by atoms with E-state index in [9.17, 15) is 0 Å². The number of aryl methyl sites for hydroxylation is 2. The lowest BCUT2D eigenvalue weighted by atomic mass is 10.2. The van der Waals surface area contributed by atoms with Crippen molar-refractivity contribution in [1.82, 2.24) is 9.78 Å². The summed E-state index contributed by atoms with van der Waals surface area (Å²) in [5.74, 6) is 0. The van der Waals surface area contributed by atoms with Crippen molar-refractivity contribution in [3.8, 4) is 0 Å². The molecule has 1 aromatic heterocycles. The van der Waals surface area contributed by atoms with Crippen molar-refractivity contribution in [2.24, 2.45) is 7.05 Å². The molecule has 0 aromatic carbocycles. The van der Waals surface area contributed by atoms with Gasteiger partial charge in [-0.15, -0.1) is 0 Å². The first kappa shape index (κ1) is 8.27. The van der Waals surface area contributed by atoms with E-state index in [4.69, 9.17) is 5.11 Å². The molecule has 0 atom stereocenters. The maximum atomic E-state index is 8.62. The highest BCUT2D eigenvalue weighted by molar-refractivity contribution is 5.15. The van der Waals surface area contributed by atoms with Crippen molar-refractivity contribution < 1.29 is 5.11 Å². The van der Waals surface area contributed by atoms with Gasteiger partial charge in [0.25, 0.3) is 0 Å². The molecule has 0 amide bonds. The number of hydrogen-bond acceptors (Lipinski definition) is 2. The number of aliphatic hydroxyl groups is 1. The standard InChI is InChI=1S/C8H14N2O/c1-7-6-9-10(2)8(7)4-3-5-11/h6,11H,3-5H2,1-2H3. The first-order valence-corrected chi connectivity index (χ1v) is 3.84. The third kappa shape index (κ3) is 1.80. The van der Waals surface area contributed by atoms with Gasteiger partial charge in [0.15, 0.2) is 0 Å². The van der Waals surface area contributed by atoms with Crippen molar-refractivity contribution in [2.45, 2.75) is 19.8 Å². The molecule has 3 nitrogen and oxygen atoms in total. The van der Waals surface area contributed by atoms with Crippen LogP contribution in [0.5, 0.6) is 0 Å². The molecule has 1 aromatic rings. The number of nitrogens with zero attached hydrogens (tertiary/aromatic N) is 2. The Morgan fingerprint density at radius 3 is 2.82 bits per heavy atom. The summed E-state index contributed by atoms with van der Waals surface area (Å²) in [5.41, 5.74) is 2.43. The molecule has 1 N–H and O–H groups in total. The van der Waals surface area contributed by atoms with E-state index in [1.807, 2.05) is 24.9 Å². The Kier molecular flexibility index (Phi) is 2.65. The molecule has 0 saturated carbocycles. The lowest BCUT2D eigenvalue weighted by Crippen LogP contribution is -2.00. The second-order valence-electron chi connectivity index (χ2n) is 2.73. The Morgan fingerprint density at radius 2 is 2.36 bits per heavy atom. The Balaban J connectivity index is 2.67. The summed E-state index contributed by atoms with van der Waals surface area (Å²) in [6.45, 7) is 2.30. The topological polar surface area (TPSA) is 38.0 Å². The zero-order valence-electron chi connectivity index (χ0n) is 7.04. The van der Waals surface area contributed by atoms with Gasteiger partial charge in [0.1, 0.15) is 0 Å². The number of aliphatic hydroxyl groups excluding tert-OH is 1. The molecule has 0 saturated heterocycles. The van der Waals surface area contributed by atoms with Gasteiger partial charge in [-0.2, -0.15) is 5.10 Å². The lowest BCUT2D eigenvalue weighted by Gasteiger charge is -2.00. The summed E-state index contributed by atoms with van der Waals surface area (Å²) in [5, 5.41) is 12.7. The average molecular weight is 154 g/mol. The number of aromatic nitrogens is 2. The van der Waals surface area contributed by atoms with E-state index in [0.717, 1.165) is 12.8 Å². The van der Waals surface area contributed by atoms with E-state index in [0.29, 0.717) is 0 Å². The third-order valence-corrected chi connectivity index (χ3v) is 1.84. The predicted molar refractivity (Wildman–Crippen MR) is 43.4 cm³/mol. The Hall–Kier alpha value is -0.830. The van der Waals surface area contributed by atoms with Crippen molar-refractivity contribution in [3.05, 3.63) is 17.5 Å². The van der Waals surface area contributed by atoms with Crippen LogP contribution in [0.3, 0.4) is 0 Å². The van der Waals surface area contributed by atoms with E-state index >= 15 is 0 Å². The maximum Gasteiger partial charge on any atom is 0.0521 e. The molecule has 0 radical (unpaired) electrons. The van der Waals surface area contributed by atoms with Crippen LogP contribution in [-0.4, -0.2) is 21.5 Å². The summed E-state index contributed by atoms with van der Waals surface area (Å²) in [4.78, 5) is 0. The zero-order chi connectivity index (χ0) is 8.27. The third-order valence-electron chi connectivity index (χ3n) is 1.84. The van der Waals surface area contributed by atoms with E-state index < -0.39 is 0 Å². The van der Waals surface area contributed by atoms with Gasteiger partial charge >= 0.3 is 0 Å². The van der Waals surface area contributed by atoms with Crippen molar-refractivity contribution >= 4 is 0 Å². The smallest absolute Gasteiger partial charge is 0.0521 e. The van der Waals surface area contributed by atoms with Gasteiger partial charge in [0.2, 0.25) is 0 Å². The van der Waals surface area contributed by atoms with Crippen molar-refractivity contribution in [1.29, 1.82) is 0 Å². The Morgan fingerprint density at radius 1 is 1.64 bits per heavy atom. The second-order valence-corrected chi connectivity index (χ2v) is 2.73. The fourth-order valence-corrected chi connectivity index (χ4v) is 1.18. The fourth-order valence-electron chi connectivity index (χ4n) is 1.18. The predicted octanol–water partition coefficient (Wildman–Crippen LogP) is 0.653. The summed E-state index contributed by atoms with van der Waals surface area (Å²) in [6, 6.07) is 0. The molecule has 0 aliphatic rings. The minimum absolute atomic E-state index is 0.255. The van der Waals surface area contributed by atoms with Crippen LogP contribution in [0.2, 0.25) is 0 Å². The van der Waals surface area contributed by atoms with Gasteiger partial charge in [-0.1, -0.05) is 0 Å². The monoisotopic (exact) mass is 154 g/mol. The van der Waals surface area contributed by atoms with Crippen LogP contribution in [0.1, 0.15) is 17.7 Å². The molecule has 11 heavy (non-hydrogen) atoms. The van der Waals surface area contributed by atoms with Crippen molar-refractivity contribution in [3.63, 3.8) is 0 Å². The highest BCUT2D eigenvalue weighted by atomic mass is 16.2. The quantitative estimate of drug-likeness (QED) is 0.694. The maximum absolute atomic E-state index is 8.62. The summed E-state index contributed by atoms with van der Waals surface area (Å²) in [7, 11) is 1.93. The van der Waals surface area contributed by atoms with Crippen molar-refractivity contribution in [2.75, 3.05) is 6.61 Å². The van der Waals surface area contributed by atoms with Gasteiger partial charge in [-0.25, -0.2) is 0 Å². The molecule has 0 bridgehead atoms. The van der Waals surface area contributed by atoms with E-state index in [-0.39, 0.29) is 6.61 Å². The van der Waals surface area contributed by atoms with Gasteiger partial charge in [-0.05, 0) is 25.3 Å². The van der Waals surface area contributed by atoms with Gasteiger partial charge in [0.05, 0.1) is 6.20 Å². The minimum atomic E-state index is 0.255. The molecular formula is C8H14N2O. The van der Waals surface area contributed by atoms with Crippen LogP contribution < -0.4 is 0 Å². The molecule has 0 aliphatic carbocycles. The van der Waals surface area contributed by atoms with Gasteiger partial charge < -0.3 is 5.11 Å². The molecule has 0 spiro atoms. The molecule has 62 valence electrons. The number of hydrogen-bond donors (Lipinski definition) is 1. The van der Waals surface area contributed by atoms with Crippen LogP contribution in [0.4, 0.5) is 0 Å². The summed E-state index contributed by atoms with van der Waals surface area (Å²) < 4.78 is 1.87. The largest absolute Gasteiger partial charge is 0.396 e. The highest BCUT2D eigenvalue weighted by Gasteiger charge is 2.02. The number of rotatable bonds is 3. The van der Waals surface area contributed by atoms with Crippen LogP contribution in [0, 0.1) is 6.92 Å². The van der Waals surface area contributed by atoms with E-state index in [1.165, 1.54) is 11.3 Å². The minimum Gasteiger partial charge on any atom is -0.396 e. The zero-order valence-corrected chi connectivity index (χ0v) is 7.04. The van der Waals surface area contributed by atoms with Crippen LogP contribution in [0.15, 0.2) is 6.20 Å². The first-order chi connectivity index (χ1) is 5.25.